The first-order chi connectivity index (χ1) is 18.3. The van der Waals surface area contributed by atoms with Crippen molar-refractivity contribution in [2.75, 3.05) is 32.4 Å². The number of benzene rings is 2. The number of nitrogens with zero attached hydrogens (tertiary/aromatic N) is 3. The fourth-order valence-corrected chi connectivity index (χ4v) is 4.40. The minimum absolute atomic E-state index is 0.00114. The Morgan fingerprint density at radius 2 is 1.95 bits per heavy atom. The first-order valence-electron chi connectivity index (χ1n) is 11.3. The van der Waals surface area contributed by atoms with Crippen molar-refractivity contribution in [1.82, 2.24) is 19.5 Å². The summed E-state index contributed by atoms with van der Waals surface area (Å²) in [5.74, 6) is -1.29. The molecule has 0 bridgehead atoms. The van der Waals surface area contributed by atoms with Gasteiger partial charge in [0.15, 0.2) is 36.9 Å². The number of hydrogen-bond donors (Lipinski definition) is 2. The third kappa shape index (κ3) is 6.95. The van der Waals surface area contributed by atoms with Crippen LogP contribution in [0.3, 0.4) is 0 Å². The molecule has 0 radical (unpaired) electrons. The van der Waals surface area contributed by atoms with E-state index in [2.05, 4.69) is 15.0 Å². The standard InChI is InChI=1S/C24H24F2N5O6P/c1-34-20-7-2-15(10-18(20)26)11-36-38(37-12-19(32)16-3-5-17(25)6-4-16)14-35-9-8-31-13-28-21-22(31)29-24(27)30-23(21)33/h2-7,10,13H,8-9,11-12,14H2,1H3,(H3,27,29,30,33). The van der Waals surface area contributed by atoms with E-state index in [1.165, 1.54) is 49.8 Å². The van der Waals surface area contributed by atoms with Crippen molar-refractivity contribution >= 4 is 31.3 Å². The van der Waals surface area contributed by atoms with Gasteiger partial charge in [0, 0.05) is 12.1 Å². The average molecular weight is 547 g/mol. The number of nitrogens with one attached hydrogen (secondary N) is 1. The highest BCUT2D eigenvalue weighted by atomic mass is 31.2. The maximum atomic E-state index is 14.0. The molecule has 2 aromatic heterocycles. The van der Waals surface area contributed by atoms with Gasteiger partial charge in [-0.15, -0.1) is 0 Å². The van der Waals surface area contributed by atoms with Gasteiger partial charge in [-0.25, -0.2) is 13.8 Å². The number of aromatic amines is 1. The number of imidazole rings is 1. The molecular weight excluding hydrogens is 523 g/mol. The highest BCUT2D eigenvalue weighted by molar-refractivity contribution is 7.47. The Kier molecular flexibility index (Phi) is 9.08. The normalized spacial score (nSPS) is 12.1. The van der Waals surface area contributed by atoms with Crippen LogP contribution in [0.15, 0.2) is 53.6 Å². The number of H-pyrrole nitrogens is 1. The lowest BCUT2D eigenvalue weighted by atomic mass is 10.1. The number of methoxy groups -OCH3 is 1. The highest BCUT2D eigenvalue weighted by Crippen LogP contribution is 2.39. The second-order valence-corrected chi connectivity index (χ2v) is 9.32. The number of aromatic nitrogens is 4. The van der Waals surface area contributed by atoms with Gasteiger partial charge >= 0.3 is 0 Å². The van der Waals surface area contributed by atoms with Crippen LogP contribution in [-0.2, 0) is 26.9 Å². The zero-order valence-corrected chi connectivity index (χ0v) is 21.1. The van der Waals surface area contributed by atoms with E-state index in [-0.39, 0.29) is 54.7 Å². The molecule has 4 aromatic rings. The molecule has 0 saturated heterocycles. The quantitative estimate of drug-likeness (QED) is 0.146. The number of carbonyl (C=O) groups excluding carboxylic acids is 1. The van der Waals surface area contributed by atoms with Crippen molar-refractivity contribution < 1.29 is 32.1 Å². The van der Waals surface area contributed by atoms with Gasteiger partial charge in [0.05, 0.1) is 26.7 Å². The van der Waals surface area contributed by atoms with Gasteiger partial charge in [0.25, 0.3) is 5.56 Å². The molecule has 3 N–H and O–H groups in total. The van der Waals surface area contributed by atoms with Gasteiger partial charge in [-0.1, -0.05) is 6.07 Å². The topological polar surface area (TPSA) is 144 Å². The average Bonchev–Trinajstić information content (AvgIpc) is 3.31. The Labute approximate surface area is 216 Å². The lowest BCUT2D eigenvalue weighted by molar-refractivity contribution is 0.0896. The Bertz CT molecular complexity index is 1460. The number of nitrogens with two attached hydrogens (primary N) is 1. The summed E-state index contributed by atoms with van der Waals surface area (Å²) in [6, 6.07) is 9.50. The number of Topliss-reactive ketones (excluding diaryl/α,β-unsaturated/α-hetero) is 1. The SMILES string of the molecule is COc1ccc(COP(COCCn2cnc3c(=O)[nH]c(N)nc32)OCC(=O)c2ccc(F)cc2)cc1F. The monoisotopic (exact) mass is 547 g/mol. The summed E-state index contributed by atoms with van der Waals surface area (Å²) in [5.41, 5.74) is 6.45. The molecule has 2 aromatic carbocycles. The van der Waals surface area contributed by atoms with Crippen LogP contribution in [-0.4, -0.2) is 52.0 Å². The number of ketones is 1. The number of fused-ring (bicyclic) bond motifs is 1. The Morgan fingerprint density at radius 3 is 2.68 bits per heavy atom. The molecule has 1 atom stereocenters. The summed E-state index contributed by atoms with van der Waals surface area (Å²) in [5, 5.41) is 0. The predicted molar refractivity (Wildman–Crippen MR) is 135 cm³/mol. The van der Waals surface area contributed by atoms with Gasteiger partial charge in [-0.2, -0.15) is 4.98 Å². The second-order valence-electron chi connectivity index (χ2n) is 7.88. The molecule has 11 nitrogen and oxygen atoms in total. The van der Waals surface area contributed by atoms with Gasteiger partial charge in [-0.05, 0) is 42.0 Å². The summed E-state index contributed by atoms with van der Waals surface area (Å²) < 4.78 is 50.9. The minimum atomic E-state index is -1.73. The van der Waals surface area contributed by atoms with Crippen LogP contribution in [0, 0.1) is 11.6 Å². The van der Waals surface area contributed by atoms with Crippen molar-refractivity contribution in [2.24, 2.45) is 0 Å². The summed E-state index contributed by atoms with van der Waals surface area (Å²) in [7, 11) is -0.367. The van der Waals surface area contributed by atoms with Crippen molar-refractivity contribution in [3.8, 4) is 5.75 Å². The number of carbonyl (C=O) groups is 1. The third-order valence-corrected chi connectivity index (χ3v) is 6.49. The number of anilines is 1. The third-order valence-electron chi connectivity index (χ3n) is 5.26. The highest BCUT2D eigenvalue weighted by Gasteiger charge is 2.17. The molecule has 2 heterocycles. The van der Waals surface area contributed by atoms with E-state index in [0.717, 1.165) is 0 Å². The van der Waals surface area contributed by atoms with Gasteiger partial charge in [-0.3, -0.25) is 14.6 Å². The Hall–Kier alpha value is -3.77. The maximum Gasteiger partial charge on any atom is 0.280 e. The first kappa shape index (κ1) is 27.3. The molecule has 0 spiro atoms. The summed E-state index contributed by atoms with van der Waals surface area (Å²) in [6.07, 6.45) is 1.44. The van der Waals surface area contributed by atoms with Crippen LogP contribution >= 0.6 is 8.38 Å². The number of ether oxygens (including phenoxy) is 2. The fourth-order valence-electron chi connectivity index (χ4n) is 3.34. The molecule has 0 aliphatic carbocycles. The lowest BCUT2D eigenvalue weighted by Crippen LogP contribution is -2.13. The van der Waals surface area contributed by atoms with Crippen LogP contribution in [0.2, 0.25) is 0 Å². The van der Waals surface area contributed by atoms with Crippen LogP contribution < -0.4 is 16.0 Å². The van der Waals surface area contributed by atoms with E-state index in [0.29, 0.717) is 17.8 Å². The Morgan fingerprint density at radius 1 is 1.16 bits per heavy atom. The summed E-state index contributed by atoms with van der Waals surface area (Å²) >= 11 is 0. The van der Waals surface area contributed by atoms with E-state index in [1.807, 2.05) is 0 Å². The molecular formula is C24H24F2N5O6P. The lowest BCUT2D eigenvalue weighted by Gasteiger charge is -2.18. The van der Waals surface area contributed by atoms with Gasteiger partial charge < -0.3 is 28.8 Å². The van der Waals surface area contributed by atoms with Crippen LogP contribution in [0.1, 0.15) is 15.9 Å². The van der Waals surface area contributed by atoms with E-state index < -0.39 is 25.6 Å². The molecule has 14 heteroatoms. The number of rotatable bonds is 13. The summed E-state index contributed by atoms with van der Waals surface area (Å²) in [4.78, 5) is 34.9. The molecule has 0 amide bonds. The number of hydrogen-bond acceptors (Lipinski definition) is 9. The first-order valence-corrected chi connectivity index (χ1v) is 12.6. The number of nitrogen functional groups attached to an aromatic ring is 1. The largest absolute Gasteiger partial charge is 0.494 e. The van der Waals surface area contributed by atoms with E-state index in [4.69, 9.17) is 24.3 Å². The van der Waals surface area contributed by atoms with E-state index in [9.17, 15) is 18.4 Å². The van der Waals surface area contributed by atoms with Crippen molar-refractivity contribution in [3.63, 3.8) is 0 Å². The van der Waals surface area contributed by atoms with E-state index >= 15 is 0 Å². The maximum absolute atomic E-state index is 14.0. The second kappa shape index (κ2) is 12.7. The molecule has 200 valence electrons. The van der Waals surface area contributed by atoms with Gasteiger partial charge in [0.2, 0.25) is 5.95 Å². The Balaban J connectivity index is 1.36. The summed E-state index contributed by atoms with van der Waals surface area (Å²) in [6.45, 7) is 0.150. The smallest absolute Gasteiger partial charge is 0.280 e. The molecule has 38 heavy (non-hydrogen) atoms. The molecule has 4 rings (SSSR count). The van der Waals surface area contributed by atoms with Crippen LogP contribution in [0.5, 0.6) is 5.75 Å². The zero-order chi connectivity index (χ0) is 27.1. The van der Waals surface area contributed by atoms with E-state index in [1.54, 1.807) is 10.6 Å². The molecule has 0 saturated carbocycles. The zero-order valence-electron chi connectivity index (χ0n) is 20.2. The van der Waals surface area contributed by atoms with Crippen molar-refractivity contribution in [3.05, 3.63) is 81.9 Å². The van der Waals surface area contributed by atoms with Crippen LogP contribution in [0.25, 0.3) is 11.2 Å². The molecule has 0 aliphatic heterocycles. The van der Waals surface area contributed by atoms with Crippen molar-refractivity contribution in [2.45, 2.75) is 13.2 Å². The van der Waals surface area contributed by atoms with Crippen molar-refractivity contribution in [1.29, 1.82) is 0 Å². The fraction of sp³-hybridized carbons (Fsp3) is 0.250. The number of halogens is 2. The van der Waals surface area contributed by atoms with Gasteiger partial charge in [0.1, 0.15) is 18.8 Å². The predicted octanol–water partition coefficient (Wildman–Crippen LogP) is 3.39. The molecule has 0 fully saturated rings. The molecule has 0 aliphatic rings. The minimum Gasteiger partial charge on any atom is -0.494 e. The molecule has 1 unspecified atom stereocenters. The van der Waals surface area contributed by atoms with Crippen LogP contribution in [0.4, 0.5) is 14.7 Å².